The van der Waals surface area contributed by atoms with E-state index in [1.807, 2.05) is 0 Å². The van der Waals surface area contributed by atoms with E-state index in [1.54, 1.807) is 40.2 Å². The van der Waals surface area contributed by atoms with Crippen LogP contribution in [0.2, 0.25) is 0 Å². The van der Waals surface area contributed by atoms with E-state index in [4.69, 9.17) is 19.7 Å². The molecule has 0 bridgehead atoms. The molecule has 1 unspecified atom stereocenters. The molecule has 0 spiro atoms. The topological polar surface area (TPSA) is 77.1 Å². The van der Waals surface area contributed by atoms with E-state index in [2.05, 4.69) is 19.9 Å². The monoisotopic (exact) mass is 455 g/mol. The molecule has 0 aliphatic carbocycles. The SMILES string of the molecule is CCc1c(C)sc2nc(SCCOc3ccc(C#N)cc3)n(CC3CCCO3)c(=O)c12. The number of fused-ring (bicyclic) bond motifs is 1. The largest absolute Gasteiger partial charge is 0.493 e. The second kappa shape index (κ2) is 9.86. The van der Waals surface area contributed by atoms with Crippen LogP contribution in [0.1, 0.15) is 35.8 Å². The molecule has 1 fully saturated rings. The van der Waals surface area contributed by atoms with Gasteiger partial charge < -0.3 is 9.47 Å². The summed E-state index contributed by atoms with van der Waals surface area (Å²) in [4.78, 5) is 20.3. The van der Waals surface area contributed by atoms with Crippen molar-refractivity contribution in [2.24, 2.45) is 0 Å². The number of benzene rings is 1. The normalized spacial score (nSPS) is 16.0. The number of nitrogens with zero attached hydrogens (tertiary/aromatic N) is 3. The number of aryl methyl sites for hydroxylation is 2. The zero-order valence-electron chi connectivity index (χ0n) is 17.7. The highest BCUT2D eigenvalue weighted by molar-refractivity contribution is 7.99. The molecule has 0 N–H and O–H groups in total. The summed E-state index contributed by atoms with van der Waals surface area (Å²) in [5, 5.41) is 10.4. The Kier molecular flexibility index (Phi) is 6.96. The molecule has 1 aliphatic heterocycles. The third-order valence-electron chi connectivity index (χ3n) is 5.41. The highest BCUT2D eigenvalue weighted by atomic mass is 32.2. The molecule has 0 amide bonds. The molecule has 4 rings (SSSR count). The van der Waals surface area contributed by atoms with Crippen LogP contribution in [0.5, 0.6) is 5.75 Å². The molecule has 1 aromatic carbocycles. The van der Waals surface area contributed by atoms with Gasteiger partial charge in [-0.3, -0.25) is 9.36 Å². The van der Waals surface area contributed by atoms with E-state index in [9.17, 15) is 4.79 Å². The Bertz CT molecular complexity index is 1160. The van der Waals surface area contributed by atoms with Crippen LogP contribution in [0, 0.1) is 18.3 Å². The van der Waals surface area contributed by atoms with Crippen LogP contribution in [0.3, 0.4) is 0 Å². The zero-order valence-corrected chi connectivity index (χ0v) is 19.4. The number of ether oxygens (including phenoxy) is 2. The third-order valence-corrected chi connectivity index (χ3v) is 7.39. The fraction of sp³-hybridized carbons (Fsp3) is 0.435. The van der Waals surface area contributed by atoms with E-state index in [0.29, 0.717) is 24.5 Å². The molecule has 1 aliphatic rings. The summed E-state index contributed by atoms with van der Waals surface area (Å²) in [7, 11) is 0. The van der Waals surface area contributed by atoms with Crippen LogP contribution in [0.4, 0.5) is 0 Å². The summed E-state index contributed by atoms with van der Waals surface area (Å²) in [6, 6.07) is 9.16. The number of thiophene rings is 1. The molecule has 31 heavy (non-hydrogen) atoms. The van der Waals surface area contributed by atoms with Crippen molar-refractivity contribution in [2.45, 2.75) is 50.9 Å². The summed E-state index contributed by atoms with van der Waals surface area (Å²) in [5.74, 6) is 1.38. The van der Waals surface area contributed by atoms with Gasteiger partial charge in [0.1, 0.15) is 10.6 Å². The lowest BCUT2D eigenvalue weighted by Gasteiger charge is -2.16. The fourth-order valence-electron chi connectivity index (χ4n) is 3.84. The van der Waals surface area contributed by atoms with Gasteiger partial charge in [-0.15, -0.1) is 11.3 Å². The van der Waals surface area contributed by atoms with Crippen molar-refractivity contribution in [1.82, 2.24) is 9.55 Å². The van der Waals surface area contributed by atoms with Gasteiger partial charge in [0.15, 0.2) is 5.16 Å². The molecule has 3 heterocycles. The lowest BCUT2D eigenvalue weighted by molar-refractivity contribution is 0.0937. The quantitative estimate of drug-likeness (QED) is 0.282. The van der Waals surface area contributed by atoms with Crippen LogP contribution < -0.4 is 10.3 Å². The molecular weight excluding hydrogens is 430 g/mol. The average Bonchev–Trinajstić information content (AvgIpc) is 3.41. The Morgan fingerprint density at radius 2 is 2.19 bits per heavy atom. The second-order valence-electron chi connectivity index (χ2n) is 7.45. The van der Waals surface area contributed by atoms with Crippen molar-refractivity contribution in [3.05, 3.63) is 50.6 Å². The van der Waals surface area contributed by atoms with Gasteiger partial charge in [0.2, 0.25) is 0 Å². The smallest absolute Gasteiger partial charge is 0.263 e. The number of hydrogen-bond acceptors (Lipinski definition) is 7. The van der Waals surface area contributed by atoms with Crippen LogP contribution in [-0.4, -0.2) is 34.6 Å². The van der Waals surface area contributed by atoms with Gasteiger partial charge in [-0.05, 0) is 56.0 Å². The number of aromatic nitrogens is 2. The maximum atomic E-state index is 13.4. The Balaban J connectivity index is 1.54. The minimum atomic E-state index is 0.0391. The number of hydrogen-bond donors (Lipinski definition) is 0. The van der Waals surface area contributed by atoms with Gasteiger partial charge in [-0.1, -0.05) is 18.7 Å². The van der Waals surface area contributed by atoms with E-state index in [1.165, 1.54) is 11.8 Å². The third kappa shape index (κ3) is 4.79. The van der Waals surface area contributed by atoms with Crippen LogP contribution in [0.15, 0.2) is 34.2 Å². The summed E-state index contributed by atoms with van der Waals surface area (Å²) in [6.45, 7) is 5.93. The van der Waals surface area contributed by atoms with Crippen LogP contribution >= 0.6 is 23.1 Å². The van der Waals surface area contributed by atoms with Crippen molar-refractivity contribution >= 4 is 33.3 Å². The first-order valence-electron chi connectivity index (χ1n) is 10.5. The molecule has 8 heteroatoms. The number of rotatable bonds is 8. The van der Waals surface area contributed by atoms with E-state index >= 15 is 0 Å². The number of nitriles is 1. The molecule has 3 aromatic rings. The average molecular weight is 456 g/mol. The van der Waals surface area contributed by atoms with Gasteiger partial charge in [0, 0.05) is 17.2 Å². The predicted molar refractivity (Wildman–Crippen MR) is 124 cm³/mol. The minimum absolute atomic E-state index is 0.0391. The molecular formula is C23H25N3O3S2. The van der Waals surface area contributed by atoms with Crippen molar-refractivity contribution in [2.75, 3.05) is 19.0 Å². The predicted octanol–water partition coefficient (Wildman–Crippen LogP) is 4.55. The van der Waals surface area contributed by atoms with Gasteiger partial charge in [-0.2, -0.15) is 5.26 Å². The van der Waals surface area contributed by atoms with Gasteiger partial charge in [-0.25, -0.2) is 4.98 Å². The lowest BCUT2D eigenvalue weighted by atomic mass is 10.1. The first kappa shape index (κ1) is 21.9. The molecule has 162 valence electrons. The molecule has 6 nitrogen and oxygen atoms in total. The first-order chi connectivity index (χ1) is 15.1. The summed E-state index contributed by atoms with van der Waals surface area (Å²) in [6.07, 6.45) is 2.90. The minimum Gasteiger partial charge on any atom is -0.493 e. The highest BCUT2D eigenvalue weighted by Crippen LogP contribution is 2.30. The highest BCUT2D eigenvalue weighted by Gasteiger charge is 2.22. The Hall–Kier alpha value is -2.34. The van der Waals surface area contributed by atoms with E-state index in [-0.39, 0.29) is 11.7 Å². The Morgan fingerprint density at radius 1 is 1.39 bits per heavy atom. The van der Waals surface area contributed by atoms with Crippen molar-refractivity contribution < 1.29 is 9.47 Å². The molecule has 1 atom stereocenters. The molecule has 2 aromatic heterocycles. The van der Waals surface area contributed by atoms with Crippen molar-refractivity contribution in [1.29, 1.82) is 5.26 Å². The lowest BCUT2D eigenvalue weighted by Crippen LogP contribution is -2.29. The van der Waals surface area contributed by atoms with Gasteiger partial charge in [0.25, 0.3) is 5.56 Å². The second-order valence-corrected chi connectivity index (χ2v) is 9.71. The molecule has 1 saturated heterocycles. The van der Waals surface area contributed by atoms with Crippen molar-refractivity contribution in [3.63, 3.8) is 0 Å². The number of thioether (sulfide) groups is 1. The summed E-state index contributed by atoms with van der Waals surface area (Å²) < 4.78 is 13.4. The fourth-order valence-corrected chi connectivity index (χ4v) is 5.82. The Labute approximate surface area is 189 Å². The first-order valence-corrected chi connectivity index (χ1v) is 12.3. The van der Waals surface area contributed by atoms with Crippen LogP contribution in [-0.2, 0) is 17.7 Å². The summed E-state index contributed by atoms with van der Waals surface area (Å²) >= 11 is 3.13. The van der Waals surface area contributed by atoms with Gasteiger partial charge in [0.05, 0.1) is 36.3 Å². The maximum Gasteiger partial charge on any atom is 0.263 e. The maximum absolute atomic E-state index is 13.4. The standard InChI is InChI=1S/C23H25N3O3S2/c1-3-19-15(2)31-21-20(19)22(27)26(14-18-5-4-10-28-18)23(25-21)30-12-11-29-17-8-6-16(13-24)7-9-17/h6-9,18H,3-5,10-12,14H2,1-2H3. The molecule has 0 radical (unpaired) electrons. The van der Waals surface area contributed by atoms with Crippen molar-refractivity contribution in [3.8, 4) is 11.8 Å². The zero-order chi connectivity index (χ0) is 21.8. The van der Waals surface area contributed by atoms with E-state index < -0.39 is 0 Å². The Morgan fingerprint density at radius 3 is 2.87 bits per heavy atom. The summed E-state index contributed by atoms with van der Waals surface area (Å²) in [5.41, 5.74) is 1.76. The van der Waals surface area contributed by atoms with E-state index in [0.717, 1.165) is 57.4 Å². The van der Waals surface area contributed by atoms with Gasteiger partial charge >= 0.3 is 0 Å². The molecule has 0 saturated carbocycles. The van der Waals surface area contributed by atoms with Crippen LogP contribution in [0.25, 0.3) is 10.2 Å².